The summed E-state index contributed by atoms with van der Waals surface area (Å²) in [5.74, 6) is 0.730. The topological polar surface area (TPSA) is 67.9 Å². The van der Waals surface area contributed by atoms with Crippen LogP contribution in [0.5, 0.6) is 11.5 Å². The molecule has 0 fully saturated rings. The van der Waals surface area contributed by atoms with E-state index in [0.29, 0.717) is 29.5 Å². The fourth-order valence-electron chi connectivity index (χ4n) is 4.03. The van der Waals surface area contributed by atoms with Gasteiger partial charge in [-0.15, -0.1) is 0 Å². The average molecular weight is 509 g/mol. The van der Waals surface area contributed by atoms with E-state index in [2.05, 4.69) is 5.32 Å². The maximum absolute atomic E-state index is 13.6. The van der Waals surface area contributed by atoms with Crippen molar-refractivity contribution in [2.45, 2.75) is 39.8 Å². The third-order valence-corrected chi connectivity index (χ3v) is 6.48. The molecule has 1 atom stereocenters. The summed E-state index contributed by atoms with van der Waals surface area (Å²) in [6.45, 7) is 6.13. The summed E-state index contributed by atoms with van der Waals surface area (Å²) in [6, 6.07) is 20.1. The van der Waals surface area contributed by atoms with Crippen molar-refractivity contribution >= 4 is 23.4 Å². The SMILES string of the molecule is CCNC(=O)[C@H](Cc1ccccc1)N(Cc1cccc(OC)c1)C(=O)COc1cc(C)c(Cl)c(C)c1. The van der Waals surface area contributed by atoms with Crippen LogP contribution in [0.4, 0.5) is 0 Å². The Bertz CT molecular complexity index is 1160. The van der Waals surface area contributed by atoms with Crippen molar-refractivity contribution in [3.63, 3.8) is 0 Å². The van der Waals surface area contributed by atoms with Crippen LogP contribution in [0, 0.1) is 13.8 Å². The summed E-state index contributed by atoms with van der Waals surface area (Å²) in [5, 5.41) is 3.57. The molecule has 3 rings (SSSR count). The number of ether oxygens (including phenoxy) is 2. The summed E-state index contributed by atoms with van der Waals surface area (Å²) in [7, 11) is 1.60. The fraction of sp³-hybridized carbons (Fsp3) is 0.310. The number of hydrogen-bond acceptors (Lipinski definition) is 4. The zero-order valence-corrected chi connectivity index (χ0v) is 22.0. The van der Waals surface area contributed by atoms with Crippen LogP contribution in [-0.4, -0.2) is 43.0 Å². The van der Waals surface area contributed by atoms with Crippen LogP contribution < -0.4 is 14.8 Å². The molecule has 3 aromatic rings. The highest BCUT2D eigenvalue weighted by atomic mass is 35.5. The molecule has 0 unspecified atom stereocenters. The van der Waals surface area contributed by atoms with Crippen molar-refractivity contribution < 1.29 is 19.1 Å². The van der Waals surface area contributed by atoms with Gasteiger partial charge in [-0.3, -0.25) is 9.59 Å². The summed E-state index contributed by atoms with van der Waals surface area (Å²) < 4.78 is 11.2. The molecule has 0 aliphatic heterocycles. The zero-order chi connectivity index (χ0) is 26.1. The van der Waals surface area contributed by atoms with Crippen LogP contribution in [0.15, 0.2) is 66.7 Å². The Kier molecular flexibility index (Phi) is 9.77. The van der Waals surface area contributed by atoms with Gasteiger partial charge < -0.3 is 19.7 Å². The molecule has 1 N–H and O–H groups in total. The lowest BCUT2D eigenvalue weighted by Crippen LogP contribution is -2.51. The predicted octanol–water partition coefficient (Wildman–Crippen LogP) is 5.12. The third-order valence-electron chi connectivity index (χ3n) is 5.88. The fourth-order valence-corrected chi connectivity index (χ4v) is 4.14. The van der Waals surface area contributed by atoms with Crippen molar-refractivity contribution in [3.8, 4) is 11.5 Å². The number of aryl methyl sites for hydroxylation is 2. The van der Waals surface area contributed by atoms with Crippen LogP contribution in [0.3, 0.4) is 0 Å². The number of benzene rings is 3. The number of nitrogens with zero attached hydrogens (tertiary/aromatic N) is 1. The first-order valence-corrected chi connectivity index (χ1v) is 12.3. The van der Waals surface area contributed by atoms with Crippen LogP contribution >= 0.6 is 11.6 Å². The number of halogens is 1. The van der Waals surface area contributed by atoms with E-state index in [0.717, 1.165) is 22.3 Å². The van der Waals surface area contributed by atoms with Crippen LogP contribution in [0.25, 0.3) is 0 Å². The Balaban J connectivity index is 1.91. The van der Waals surface area contributed by atoms with Gasteiger partial charge in [0.25, 0.3) is 5.91 Å². The zero-order valence-electron chi connectivity index (χ0n) is 21.2. The van der Waals surface area contributed by atoms with E-state index < -0.39 is 6.04 Å². The molecule has 0 radical (unpaired) electrons. The van der Waals surface area contributed by atoms with Gasteiger partial charge in [0.2, 0.25) is 5.91 Å². The molecule has 0 saturated heterocycles. The molecule has 0 bridgehead atoms. The minimum Gasteiger partial charge on any atom is -0.497 e. The normalized spacial score (nSPS) is 11.5. The second-order valence-electron chi connectivity index (χ2n) is 8.63. The quantitative estimate of drug-likeness (QED) is 0.390. The maximum Gasteiger partial charge on any atom is 0.261 e. The van der Waals surface area contributed by atoms with Crippen LogP contribution in [0.1, 0.15) is 29.2 Å². The largest absolute Gasteiger partial charge is 0.497 e. The molecule has 7 heteroatoms. The van der Waals surface area contributed by atoms with Crippen LogP contribution in [-0.2, 0) is 22.6 Å². The van der Waals surface area contributed by atoms with Crippen molar-refractivity contribution in [3.05, 3.63) is 94.0 Å². The molecule has 0 aliphatic carbocycles. The Hall–Kier alpha value is -3.51. The van der Waals surface area contributed by atoms with Gasteiger partial charge in [0, 0.05) is 24.5 Å². The standard InChI is InChI=1S/C29H33ClN2O4/c1-5-31-29(34)26(17-22-10-7-6-8-11-22)32(18-23-12-9-13-24(16-23)35-4)27(33)19-36-25-14-20(2)28(30)21(3)15-25/h6-16,26H,5,17-19H2,1-4H3,(H,31,34)/t26-/m0/s1. The Labute approximate surface area is 218 Å². The van der Waals surface area contributed by atoms with E-state index in [1.807, 2.05) is 75.4 Å². The first kappa shape index (κ1) is 27.1. The highest BCUT2D eigenvalue weighted by Crippen LogP contribution is 2.26. The molecule has 0 aromatic heterocycles. The molecule has 0 spiro atoms. The second-order valence-corrected chi connectivity index (χ2v) is 9.01. The highest BCUT2D eigenvalue weighted by molar-refractivity contribution is 6.32. The number of nitrogens with one attached hydrogen (secondary N) is 1. The van der Waals surface area contributed by atoms with Crippen molar-refractivity contribution in [2.24, 2.45) is 0 Å². The Morgan fingerprint density at radius 3 is 2.25 bits per heavy atom. The maximum atomic E-state index is 13.6. The number of hydrogen-bond donors (Lipinski definition) is 1. The molecule has 2 amide bonds. The predicted molar refractivity (Wildman–Crippen MR) is 143 cm³/mol. The van der Waals surface area contributed by atoms with Crippen LogP contribution in [0.2, 0.25) is 5.02 Å². The summed E-state index contributed by atoms with van der Waals surface area (Å²) in [4.78, 5) is 28.4. The van der Waals surface area contributed by atoms with E-state index in [1.54, 1.807) is 24.1 Å². The van der Waals surface area contributed by atoms with Crippen molar-refractivity contribution in [2.75, 3.05) is 20.3 Å². The van der Waals surface area contributed by atoms with Crippen molar-refractivity contribution in [1.29, 1.82) is 0 Å². The Morgan fingerprint density at radius 1 is 0.944 bits per heavy atom. The van der Waals surface area contributed by atoms with Gasteiger partial charge in [0.15, 0.2) is 6.61 Å². The highest BCUT2D eigenvalue weighted by Gasteiger charge is 2.30. The first-order valence-electron chi connectivity index (χ1n) is 12.0. The van der Waals surface area contributed by atoms with E-state index in [4.69, 9.17) is 21.1 Å². The lowest BCUT2D eigenvalue weighted by atomic mass is 10.0. The van der Waals surface area contributed by atoms with E-state index in [9.17, 15) is 9.59 Å². The van der Waals surface area contributed by atoms with Gasteiger partial charge in [-0.2, -0.15) is 0 Å². The summed E-state index contributed by atoms with van der Waals surface area (Å²) in [5.41, 5.74) is 3.55. The molecular formula is C29H33ClN2O4. The van der Waals surface area contributed by atoms with E-state index in [-0.39, 0.29) is 25.0 Å². The molecule has 0 aliphatic rings. The second kappa shape index (κ2) is 13.0. The third kappa shape index (κ3) is 7.25. The minimum atomic E-state index is -0.719. The lowest BCUT2D eigenvalue weighted by Gasteiger charge is -2.31. The lowest BCUT2D eigenvalue weighted by molar-refractivity contribution is -0.142. The molecule has 3 aromatic carbocycles. The minimum absolute atomic E-state index is 0.212. The monoisotopic (exact) mass is 508 g/mol. The number of carbonyl (C=O) groups is 2. The van der Waals surface area contributed by atoms with Gasteiger partial charge in [0.05, 0.1) is 7.11 Å². The van der Waals surface area contributed by atoms with Gasteiger partial charge >= 0.3 is 0 Å². The molecular weight excluding hydrogens is 476 g/mol. The first-order chi connectivity index (χ1) is 17.3. The van der Waals surface area contributed by atoms with Gasteiger partial charge in [-0.25, -0.2) is 0 Å². The molecule has 36 heavy (non-hydrogen) atoms. The summed E-state index contributed by atoms with van der Waals surface area (Å²) in [6.07, 6.45) is 0.377. The number of amides is 2. The number of rotatable bonds is 11. The number of methoxy groups -OCH3 is 1. The molecule has 0 heterocycles. The number of likely N-dealkylation sites (N-methyl/N-ethyl adjacent to an activating group) is 1. The van der Waals surface area contributed by atoms with E-state index >= 15 is 0 Å². The Morgan fingerprint density at radius 2 is 1.61 bits per heavy atom. The van der Waals surface area contributed by atoms with Crippen molar-refractivity contribution in [1.82, 2.24) is 10.2 Å². The van der Waals surface area contributed by atoms with Gasteiger partial charge in [-0.1, -0.05) is 54.1 Å². The smallest absolute Gasteiger partial charge is 0.261 e. The van der Waals surface area contributed by atoms with E-state index in [1.165, 1.54) is 0 Å². The van der Waals surface area contributed by atoms with Gasteiger partial charge in [0.1, 0.15) is 17.5 Å². The average Bonchev–Trinajstić information content (AvgIpc) is 2.88. The number of carbonyl (C=O) groups excluding carboxylic acids is 2. The van der Waals surface area contributed by atoms with Gasteiger partial charge in [-0.05, 0) is 67.3 Å². The molecule has 0 saturated carbocycles. The molecule has 6 nitrogen and oxygen atoms in total. The summed E-state index contributed by atoms with van der Waals surface area (Å²) >= 11 is 6.28. The molecule has 190 valence electrons.